The molecule has 2 saturated heterocycles. The van der Waals surface area contributed by atoms with Crippen molar-refractivity contribution in [2.75, 3.05) is 29.5 Å². The summed E-state index contributed by atoms with van der Waals surface area (Å²) in [7, 11) is 0. The Kier molecular flexibility index (Phi) is 3.22. The Morgan fingerprint density at radius 3 is 2.73 bits per heavy atom. The smallest absolute Gasteiger partial charge is 0.415 e. The molecule has 1 aromatic rings. The molecule has 2 fully saturated rings. The number of cyclic esters (lactones) is 1. The molecule has 22 heavy (non-hydrogen) atoms. The number of amides is 1. The van der Waals surface area contributed by atoms with Gasteiger partial charge >= 0.3 is 6.09 Å². The normalized spacial score (nSPS) is 26.9. The summed E-state index contributed by atoms with van der Waals surface area (Å²) in [5, 5.41) is 9.34. The van der Waals surface area contributed by atoms with Crippen LogP contribution in [-0.2, 0) is 11.2 Å². The summed E-state index contributed by atoms with van der Waals surface area (Å²) in [5.41, 5.74) is 2.18. The van der Waals surface area contributed by atoms with Gasteiger partial charge in [-0.3, -0.25) is 4.90 Å². The summed E-state index contributed by atoms with van der Waals surface area (Å²) in [6.07, 6.45) is 2.96. The second-order valence-corrected chi connectivity index (χ2v) is 6.23. The quantitative estimate of drug-likeness (QED) is 0.909. The van der Waals surface area contributed by atoms with Crippen LogP contribution in [0.1, 0.15) is 24.8 Å². The van der Waals surface area contributed by atoms with Crippen LogP contribution in [0.5, 0.6) is 0 Å². The molecule has 4 rings (SSSR count). The first kappa shape index (κ1) is 13.8. The third-order valence-electron chi connectivity index (χ3n) is 4.92. The minimum Gasteiger partial charge on any atom is -0.441 e. The van der Waals surface area contributed by atoms with Gasteiger partial charge in [0.15, 0.2) is 0 Å². The Labute approximate surface area is 128 Å². The van der Waals surface area contributed by atoms with Crippen LogP contribution in [0, 0.1) is 5.82 Å². The number of fused-ring (bicyclic) bond motifs is 3. The lowest BCUT2D eigenvalue weighted by molar-refractivity contribution is 0.0830. The molecule has 1 aromatic carbocycles. The van der Waals surface area contributed by atoms with E-state index < -0.39 is 12.2 Å². The topological polar surface area (TPSA) is 53.0 Å². The van der Waals surface area contributed by atoms with Crippen molar-refractivity contribution in [2.24, 2.45) is 0 Å². The average molecular weight is 306 g/mol. The summed E-state index contributed by atoms with van der Waals surface area (Å²) in [6, 6.07) is 3.10. The van der Waals surface area contributed by atoms with Crippen molar-refractivity contribution in [3.05, 3.63) is 23.5 Å². The first-order valence-electron chi connectivity index (χ1n) is 7.87. The SMILES string of the molecule is O=C1O[C@@H](CO)[C@@H]2Cc3cc(N4CCCCC4)c(F)cc3N12. The second kappa shape index (κ2) is 5.12. The molecule has 3 heterocycles. The molecule has 1 N–H and O–H groups in total. The first-order chi connectivity index (χ1) is 10.7. The largest absolute Gasteiger partial charge is 0.441 e. The maximum absolute atomic E-state index is 14.5. The Balaban J connectivity index is 1.69. The van der Waals surface area contributed by atoms with Crippen LogP contribution in [0.25, 0.3) is 0 Å². The molecule has 118 valence electrons. The van der Waals surface area contributed by atoms with E-state index >= 15 is 0 Å². The van der Waals surface area contributed by atoms with Gasteiger partial charge in [-0.2, -0.15) is 0 Å². The lowest BCUT2D eigenvalue weighted by atomic mass is 10.0. The lowest BCUT2D eigenvalue weighted by Gasteiger charge is -2.29. The standard InChI is InChI=1S/C16H19FN2O3/c17-11-8-12-10(6-13(11)18-4-2-1-3-5-18)7-14-15(9-20)22-16(21)19(12)14/h6,8,14-15,20H,1-5,7,9H2/t14-,15-/m0/s1. The molecular formula is C16H19FN2O3. The number of hydrogen-bond donors (Lipinski definition) is 1. The Hall–Kier alpha value is -1.82. The number of carbonyl (C=O) groups is 1. The third-order valence-corrected chi connectivity index (χ3v) is 4.92. The first-order valence-corrected chi connectivity index (χ1v) is 7.87. The second-order valence-electron chi connectivity index (χ2n) is 6.23. The lowest BCUT2D eigenvalue weighted by Crippen LogP contribution is -2.35. The van der Waals surface area contributed by atoms with Gasteiger partial charge < -0.3 is 14.7 Å². The molecule has 5 nitrogen and oxygen atoms in total. The van der Waals surface area contributed by atoms with Gasteiger partial charge in [-0.05, 0) is 37.3 Å². The highest BCUT2D eigenvalue weighted by molar-refractivity contribution is 5.94. The van der Waals surface area contributed by atoms with Crippen molar-refractivity contribution < 1.29 is 19.0 Å². The number of aliphatic hydroxyl groups is 1. The molecular weight excluding hydrogens is 287 g/mol. The van der Waals surface area contributed by atoms with Gasteiger partial charge in [-0.15, -0.1) is 0 Å². The summed E-state index contributed by atoms with van der Waals surface area (Å²) in [6.45, 7) is 1.55. The molecule has 0 unspecified atom stereocenters. The molecule has 1 amide bonds. The van der Waals surface area contributed by atoms with Gasteiger partial charge in [-0.25, -0.2) is 9.18 Å². The number of benzene rings is 1. The molecule has 0 saturated carbocycles. The van der Waals surface area contributed by atoms with Crippen molar-refractivity contribution in [2.45, 2.75) is 37.8 Å². The van der Waals surface area contributed by atoms with Gasteiger partial charge in [0.2, 0.25) is 0 Å². The van der Waals surface area contributed by atoms with E-state index in [1.165, 1.54) is 17.4 Å². The molecule has 0 spiro atoms. The van der Waals surface area contributed by atoms with Crippen LogP contribution in [0.3, 0.4) is 0 Å². The summed E-state index contributed by atoms with van der Waals surface area (Å²) in [4.78, 5) is 15.5. The molecule has 3 aliphatic heterocycles. The Morgan fingerprint density at radius 2 is 2.00 bits per heavy atom. The predicted octanol–water partition coefficient (Wildman–Crippen LogP) is 2.06. The van der Waals surface area contributed by atoms with Crippen molar-refractivity contribution in [3.63, 3.8) is 0 Å². The molecule has 0 aliphatic carbocycles. The van der Waals surface area contributed by atoms with Gasteiger partial charge in [-0.1, -0.05) is 0 Å². The zero-order valence-corrected chi connectivity index (χ0v) is 12.3. The number of piperidine rings is 1. The van der Waals surface area contributed by atoms with Crippen molar-refractivity contribution in [1.29, 1.82) is 0 Å². The summed E-state index contributed by atoms with van der Waals surface area (Å²) < 4.78 is 19.6. The minimum absolute atomic E-state index is 0.206. The number of ether oxygens (including phenoxy) is 1. The van der Waals surface area contributed by atoms with Gasteiger partial charge in [0.05, 0.1) is 24.0 Å². The van der Waals surface area contributed by atoms with Crippen LogP contribution in [-0.4, -0.2) is 43.0 Å². The van der Waals surface area contributed by atoms with Crippen LogP contribution in [0.15, 0.2) is 12.1 Å². The molecule has 0 bridgehead atoms. The van der Waals surface area contributed by atoms with E-state index in [4.69, 9.17) is 4.74 Å². The summed E-state index contributed by atoms with van der Waals surface area (Å²) >= 11 is 0. The van der Waals surface area contributed by atoms with E-state index in [0.29, 0.717) is 17.8 Å². The maximum atomic E-state index is 14.5. The molecule has 0 aromatic heterocycles. The molecule has 2 atom stereocenters. The summed E-state index contributed by atoms with van der Waals surface area (Å²) in [5.74, 6) is -0.290. The monoisotopic (exact) mass is 306 g/mol. The van der Waals surface area contributed by atoms with Gasteiger partial charge in [0.1, 0.15) is 11.9 Å². The maximum Gasteiger partial charge on any atom is 0.415 e. The van der Waals surface area contributed by atoms with E-state index in [-0.39, 0.29) is 18.5 Å². The Bertz CT molecular complexity index is 616. The highest BCUT2D eigenvalue weighted by atomic mass is 19.1. The zero-order valence-electron chi connectivity index (χ0n) is 12.3. The number of hydrogen-bond acceptors (Lipinski definition) is 4. The fourth-order valence-corrected chi connectivity index (χ4v) is 3.81. The average Bonchev–Trinajstić information content (AvgIpc) is 3.05. The number of nitrogens with zero attached hydrogens (tertiary/aromatic N) is 2. The number of halogens is 1. The highest BCUT2D eigenvalue weighted by Crippen LogP contribution is 2.41. The molecule has 3 aliphatic rings. The van der Waals surface area contributed by atoms with Crippen LogP contribution in [0.4, 0.5) is 20.6 Å². The van der Waals surface area contributed by atoms with Crippen LogP contribution < -0.4 is 9.80 Å². The third kappa shape index (κ3) is 1.97. The van der Waals surface area contributed by atoms with E-state index in [9.17, 15) is 14.3 Å². The van der Waals surface area contributed by atoms with E-state index in [0.717, 1.165) is 31.5 Å². The highest BCUT2D eigenvalue weighted by Gasteiger charge is 2.47. The van der Waals surface area contributed by atoms with Crippen molar-refractivity contribution >= 4 is 17.5 Å². The number of carbonyl (C=O) groups excluding carboxylic acids is 1. The zero-order chi connectivity index (χ0) is 15.3. The number of anilines is 2. The molecule has 0 radical (unpaired) electrons. The van der Waals surface area contributed by atoms with E-state index in [1.807, 2.05) is 6.07 Å². The van der Waals surface area contributed by atoms with Crippen LogP contribution >= 0.6 is 0 Å². The fraction of sp³-hybridized carbons (Fsp3) is 0.562. The van der Waals surface area contributed by atoms with Crippen molar-refractivity contribution in [1.82, 2.24) is 0 Å². The fourth-order valence-electron chi connectivity index (χ4n) is 3.81. The van der Waals surface area contributed by atoms with E-state index in [2.05, 4.69) is 4.90 Å². The molecule has 6 heteroatoms. The van der Waals surface area contributed by atoms with Gasteiger partial charge in [0.25, 0.3) is 0 Å². The number of aliphatic hydroxyl groups excluding tert-OH is 1. The number of rotatable bonds is 2. The minimum atomic E-state index is -0.526. The Morgan fingerprint density at radius 1 is 1.23 bits per heavy atom. The van der Waals surface area contributed by atoms with Crippen LogP contribution in [0.2, 0.25) is 0 Å². The predicted molar refractivity (Wildman–Crippen MR) is 79.8 cm³/mol. The van der Waals surface area contributed by atoms with Gasteiger partial charge in [0, 0.05) is 19.2 Å². The van der Waals surface area contributed by atoms with Crippen molar-refractivity contribution in [3.8, 4) is 0 Å². The van der Waals surface area contributed by atoms with E-state index in [1.54, 1.807) is 0 Å².